The van der Waals surface area contributed by atoms with E-state index in [1.807, 2.05) is 0 Å². The number of urea groups is 1. The zero-order valence-electron chi connectivity index (χ0n) is 10.2. The summed E-state index contributed by atoms with van der Waals surface area (Å²) >= 11 is 0. The molecule has 1 aromatic carbocycles. The van der Waals surface area contributed by atoms with Crippen molar-refractivity contribution in [1.29, 1.82) is 0 Å². The van der Waals surface area contributed by atoms with Crippen molar-refractivity contribution in [3.05, 3.63) is 34.9 Å². The average Bonchev–Trinajstić information content (AvgIpc) is 2.60. The van der Waals surface area contributed by atoms with E-state index in [1.54, 1.807) is 4.90 Å². The van der Waals surface area contributed by atoms with Gasteiger partial charge in [-0.05, 0) is 25.0 Å². The van der Waals surface area contributed by atoms with E-state index in [2.05, 4.69) is 37.4 Å². The number of β-amino-alcohol motifs (C(OH)–C–C–N with tert-alkyl or cyclic N) is 1. The Labute approximate surface area is 101 Å². The predicted molar refractivity (Wildman–Crippen MR) is 65.8 cm³/mol. The van der Waals surface area contributed by atoms with Gasteiger partial charge in [-0.15, -0.1) is 0 Å². The first-order valence-corrected chi connectivity index (χ1v) is 5.85. The summed E-state index contributed by atoms with van der Waals surface area (Å²) in [6, 6.07) is 6.19. The summed E-state index contributed by atoms with van der Waals surface area (Å²) in [6.07, 6.45) is 0. The first-order chi connectivity index (χ1) is 8.11. The van der Waals surface area contributed by atoms with Crippen LogP contribution in [-0.2, 0) is 0 Å². The molecule has 1 heterocycles. The number of amides is 2. The summed E-state index contributed by atoms with van der Waals surface area (Å²) in [6.45, 7) is 5.15. The number of aliphatic hydroxyl groups is 1. The summed E-state index contributed by atoms with van der Waals surface area (Å²) in [5.41, 5.74) is 3.58. The number of hydrogen-bond donors (Lipinski definition) is 2. The number of nitrogens with one attached hydrogen (secondary N) is 1. The lowest BCUT2D eigenvalue weighted by Crippen LogP contribution is -2.30. The van der Waals surface area contributed by atoms with Crippen molar-refractivity contribution in [2.45, 2.75) is 19.9 Å². The zero-order valence-corrected chi connectivity index (χ0v) is 10.2. The van der Waals surface area contributed by atoms with Crippen LogP contribution in [0.1, 0.15) is 22.7 Å². The summed E-state index contributed by atoms with van der Waals surface area (Å²) in [7, 11) is 0. The fraction of sp³-hybridized carbons (Fsp3) is 0.462. The van der Waals surface area contributed by atoms with Gasteiger partial charge in [0.15, 0.2) is 0 Å². The third-order valence-electron chi connectivity index (χ3n) is 3.16. The maximum atomic E-state index is 11.6. The second-order valence-electron chi connectivity index (χ2n) is 4.53. The highest BCUT2D eigenvalue weighted by Gasteiger charge is 2.29. The Bertz CT molecular complexity index is 431. The third-order valence-corrected chi connectivity index (χ3v) is 3.16. The summed E-state index contributed by atoms with van der Waals surface area (Å²) in [5, 5.41) is 11.8. The molecule has 0 radical (unpaired) electrons. The van der Waals surface area contributed by atoms with Crippen molar-refractivity contribution >= 4 is 6.03 Å². The molecule has 4 nitrogen and oxygen atoms in total. The Morgan fingerprint density at radius 1 is 1.47 bits per heavy atom. The van der Waals surface area contributed by atoms with Crippen molar-refractivity contribution in [2.24, 2.45) is 0 Å². The van der Waals surface area contributed by atoms with Gasteiger partial charge in [-0.1, -0.05) is 23.8 Å². The Kier molecular flexibility index (Phi) is 3.33. The molecule has 1 saturated heterocycles. The van der Waals surface area contributed by atoms with E-state index in [9.17, 15) is 4.79 Å². The van der Waals surface area contributed by atoms with E-state index in [1.165, 1.54) is 11.1 Å². The highest BCUT2D eigenvalue weighted by molar-refractivity contribution is 5.77. The molecule has 0 bridgehead atoms. The predicted octanol–water partition coefficient (Wildman–Crippen LogP) is 1.36. The molecule has 2 amide bonds. The summed E-state index contributed by atoms with van der Waals surface area (Å²) in [4.78, 5) is 13.3. The first-order valence-electron chi connectivity index (χ1n) is 5.85. The molecule has 2 rings (SSSR count). The third kappa shape index (κ3) is 2.42. The molecule has 1 fully saturated rings. The van der Waals surface area contributed by atoms with Gasteiger partial charge in [-0.25, -0.2) is 4.79 Å². The number of aryl methyl sites for hydroxylation is 2. The van der Waals surface area contributed by atoms with Crippen LogP contribution in [0.4, 0.5) is 4.79 Å². The summed E-state index contributed by atoms with van der Waals surface area (Å²) in [5.74, 6) is 0. The molecule has 1 unspecified atom stereocenters. The Morgan fingerprint density at radius 2 is 2.24 bits per heavy atom. The number of hydrogen-bond acceptors (Lipinski definition) is 2. The smallest absolute Gasteiger partial charge is 0.318 e. The molecule has 4 heteroatoms. The number of nitrogens with zero attached hydrogens (tertiary/aromatic N) is 1. The van der Waals surface area contributed by atoms with E-state index in [-0.39, 0.29) is 18.7 Å². The van der Waals surface area contributed by atoms with E-state index in [0.717, 1.165) is 5.56 Å². The van der Waals surface area contributed by atoms with E-state index in [4.69, 9.17) is 5.11 Å². The van der Waals surface area contributed by atoms with Crippen LogP contribution >= 0.6 is 0 Å². The van der Waals surface area contributed by atoms with Gasteiger partial charge in [0, 0.05) is 13.1 Å². The van der Waals surface area contributed by atoms with Crippen LogP contribution < -0.4 is 5.32 Å². The van der Waals surface area contributed by atoms with Crippen LogP contribution in [0.5, 0.6) is 0 Å². The van der Waals surface area contributed by atoms with Gasteiger partial charge < -0.3 is 15.3 Å². The second-order valence-corrected chi connectivity index (χ2v) is 4.53. The van der Waals surface area contributed by atoms with Crippen LogP contribution in [0.15, 0.2) is 18.2 Å². The molecular weight excluding hydrogens is 216 g/mol. The normalized spacial score (nSPS) is 19.6. The van der Waals surface area contributed by atoms with Crippen molar-refractivity contribution in [3.63, 3.8) is 0 Å². The Hall–Kier alpha value is -1.55. The number of carbonyl (C=O) groups excluding carboxylic acids is 1. The van der Waals surface area contributed by atoms with Crippen molar-refractivity contribution < 1.29 is 9.90 Å². The van der Waals surface area contributed by atoms with Gasteiger partial charge >= 0.3 is 6.03 Å². The minimum absolute atomic E-state index is 0.00696. The van der Waals surface area contributed by atoms with Gasteiger partial charge in [0.2, 0.25) is 0 Å². The van der Waals surface area contributed by atoms with Crippen LogP contribution in [0.3, 0.4) is 0 Å². The second kappa shape index (κ2) is 4.75. The average molecular weight is 234 g/mol. The number of aliphatic hydroxyl groups excluding tert-OH is 1. The summed E-state index contributed by atoms with van der Waals surface area (Å²) < 4.78 is 0. The fourth-order valence-electron chi connectivity index (χ4n) is 2.30. The highest BCUT2D eigenvalue weighted by Crippen LogP contribution is 2.23. The van der Waals surface area contributed by atoms with Gasteiger partial charge in [0.05, 0.1) is 12.6 Å². The lowest BCUT2D eigenvalue weighted by atomic mass is 10.00. The highest BCUT2D eigenvalue weighted by atomic mass is 16.3. The fourth-order valence-corrected chi connectivity index (χ4v) is 2.30. The molecule has 0 saturated carbocycles. The van der Waals surface area contributed by atoms with Crippen LogP contribution in [0.25, 0.3) is 0 Å². The number of rotatable bonds is 3. The molecule has 0 spiro atoms. The molecule has 0 aromatic heterocycles. The molecule has 1 aliphatic heterocycles. The molecule has 17 heavy (non-hydrogen) atoms. The lowest BCUT2D eigenvalue weighted by molar-refractivity contribution is 0.196. The maximum absolute atomic E-state index is 11.6. The number of carbonyl (C=O) groups is 1. The molecule has 1 aliphatic rings. The lowest BCUT2D eigenvalue weighted by Gasteiger charge is -2.14. The van der Waals surface area contributed by atoms with Gasteiger partial charge in [-0.2, -0.15) is 0 Å². The zero-order chi connectivity index (χ0) is 12.4. The largest absolute Gasteiger partial charge is 0.395 e. The molecule has 0 aliphatic carbocycles. The van der Waals surface area contributed by atoms with Crippen LogP contribution in [-0.4, -0.2) is 35.7 Å². The van der Waals surface area contributed by atoms with E-state index < -0.39 is 0 Å². The van der Waals surface area contributed by atoms with Crippen LogP contribution in [0.2, 0.25) is 0 Å². The van der Waals surface area contributed by atoms with Crippen molar-refractivity contribution in [1.82, 2.24) is 10.2 Å². The SMILES string of the molecule is Cc1ccc(C2CN(CCO)C(=O)N2)c(C)c1. The van der Waals surface area contributed by atoms with Crippen LogP contribution in [0, 0.1) is 13.8 Å². The van der Waals surface area contributed by atoms with Crippen molar-refractivity contribution in [2.75, 3.05) is 19.7 Å². The van der Waals surface area contributed by atoms with E-state index in [0.29, 0.717) is 13.1 Å². The minimum Gasteiger partial charge on any atom is -0.395 e. The minimum atomic E-state index is -0.0935. The van der Waals surface area contributed by atoms with Gasteiger partial charge in [0.1, 0.15) is 0 Å². The molecule has 92 valence electrons. The molecule has 2 N–H and O–H groups in total. The van der Waals surface area contributed by atoms with Gasteiger partial charge in [0.25, 0.3) is 0 Å². The molecule has 1 atom stereocenters. The standard InChI is InChI=1S/C13H18N2O2/c1-9-3-4-11(10(2)7-9)12-8-15(5-6-16)13(17)14-12/h3-4,7,12,16H,5-6,8H2,1-2H3,(H,14,17). The van der Waals surface area contributed by atoms with Crippen molar-refractivity contribution in [3.8, 4) is 0 Å². The first kappa shape index (κ1) is 11.9. The molecule has 1 aromatic rings. The Morgan fingerprint density at radius 3 is 2.88 bits per heavy atom. The number of benzene rings is 1. The monoisotopic (exact) mass is 234 g/mol. The molecular formula is C13H18N2O2. The quantitative estimate of drug-likeness (QED) is 0.829. The van der Waals surface area contributed by atoms with Gasteiger partial charge in [-0.3, -0.25) is 0 Å². The maximum Gasteiger partial charge on any atom is 0.318 e. The van der Waals surface area contributed by atoms with E-state index >= 15 is 0 Å². The topological polar surface area (TPSA) is 52.6 Å². The Balaban J connectivity index is 2.17.